The summed E-state index contributed by atoms with van der Waals surface area (Å²) in [7, 11) is 0. The molecule has 2 N–H and O–H groups in total. The Morgan fingerprint density at radius 3 is 2.55 bits per heavy atom. The summed E-state index contributed by atoms with van der Waals surface area (Å²) in [6, 6.07) is 5.77. The first kappa shape index (κ1) is 17.1. The molecule has 2 aromatic rings. The highest BCUT2D eigenvalue weighted by Gasteiger charge is 2.25. The lowest BCUT2D eigenvalue weighted by Gasteiger charge is -2.22. The van der Waals surface area contributed by atoms with E-state index in [9.17, 15) is 14.3 Å². The van der Waals surface area contributed by atoms with Crippen molar-refractivity contribution in [1.29, 1.82) is 0 Å². The highest BCUT2D eigenvalue weighted by Crippen LogP contribution is 2.25. The van der Waals surface area contributed by atoms with Crippen LogP contribution in [0.4, 0.5) is 4.39 Å². The molecule has 1 amide bonds. The number of hydrogen-bond acceptors (Lipinski definition) is 4. The fourth-order valence-corrected chi connectivity index (χ4v) is 2.64. The summed E-state index contributed by atoms with van der Waals surface area (Å²) >= 11 is 12.3. The number of carbonyl (C=O) groups is 1. The largest absolute Gasteiger partial charge is 0.386 e. The topological polar surface area (TPSA) is 62.2 Å². The average Bonchev–Trinajstić information content (AvgIpc) is 3.06. The van der Waals surface area contributed by atoms with Gasteiger partial charge in [-0.3, -0.25) is 4.79 Å². The average molecular weight is 363 g/mol. The fraction of sp³-hybridized carbons (Fsp3) is 0.286. The smallest absolute Gasteiger partial charge is 0.253 e. The maximum atomic E-state index is 13.1. The van der Waals surface area contributed by atoms with Crippen molar-refractivity contribution in [2.75, 3.05) is 6.67 Å². The van der Waals surface area contributed by atoms with Crippen molar-refractivity contribution in [2.24, 2.45) is 0 Å². The lowest BCUT2D eigenvalue weighted by atomic mass is 10.0. The Bertz CT molecular complexity index is 608. The van der Waals surface area contributed by atoms with E-state index in [1.54, 1.807) is 30.5 Å². The van der Waals surface area contributed by atoms with Crippen molar-refractivity contribution >= 4 is 40.4 Å². The number of benzene rings is 1. The van der Waals surface area contributed by atoms with E-state index in [4.69, 9.17) is 23.2 Å². The molecule has 1 heterocycles. The molecule has 0 bridgehead atoms. The maximum absolute atomic E-state index is 13.1. The molecule has 2 rings (SSSR count). The van der Waals surface area contributed by atoms with Gasteiger partial charge in [0.2, 0.25) is 0 Å². The van der Waals surface area contributed by atoms with Crippen LogP contribution in [0, 0.1) is 0 Å². The number of aliphatic hydroxyl groups is 1. The Labute approximate surface area is 140 Å². The number of nitrogens with one attached hydrogen (secondary N) is 1. The third-order valence-corrected chi connectivity index (χ3v) is 4.22. The molecule has 1 aromatic heterocycles. The summed E-state index contributed by atoms with van der Waals surface area (Å²) in [6.45, 7) is -0.943. The second-order valence-electron chi connectivity index (χ2n) is 4.47. The molecule has 22 heavy (non-hydrogen) atoms. The standard InChI is InChI=1S/C14H13Cl2FN2O2S/c15-12(16)13(21)19-10(7-17)11(20)8-1-3-9(4-2-8)14-18-5-6-22-14/h1-6,10-12,20H,7H2,(H,19,21). The quantitative estimate of drug-likeness (QED) is 0.776. The lowest BCUT2D eigenvalue weighted by Crippen LogP contribution is -2.43. The zero-order valence-electron chi connectivity index (χ0n) is 11.2. The van der Waals surface area contributed by atoms with E-state index in [1.807, 2.05) is 5.38 Å². The minimum absolute atomic E-state index is 0.476. The number of rotatable bonds is 6. The molecule has 0 aliphatic heterocycles. The van der Waals surface area contributed by atoms with Gasteiger partial charge >= 0.3 is 0 Å². The second-order valence-corrected chi connectivity index (χ2v) is 6.47. The van der Waals surface area contributed by atoms with Gasteiger partial charge in [-0.25, -0.2) is 9.37 Å². The van der Waals surface area contributed by atoms with Gasteiger partial charge in [-0.05, 0) is 5.56 Å². The van der Waals surface area contributed by atoms with Crippen LogP contribution in [0.15, 0.2) is 35.8 Å². The third kappa shape index (κ3) is 4.16. The van der Waals surface area contributed by atoms with E-state index >= 15 is 0 Å². The Morgan fingerprint density at radius 2 is 2.05 bits per heavy atom. The monoisotopic (exact) mass is 362 g/mol. The van der Waals surface area contributed by atoms with Crippen molar-refractivity contribution in [3.63, 3.8) is 0 Å². The number of thiazole rings is 1. The summed E-state index contributed by atoms with van der Waals surface area (Å²) in [5.41, 5.74) is 1.37. The van der Waals surface area contributed by atoms with Crippen LogP contribution in [0.1, 0.15) is 11.7 Å². The molecule has 4 nitrogen and oxygen atoms in total. The van der Waals surface area contributed by atoms with Gasteiger partial charge in [-0.2, -0.15) is 0 Å². The first-order valence-corrected chi connectivity index (χ1v) is 8.10. The first-order valence-electron chi connectivity index (χ1n) is 6.35. The fourth-order valence-electron chi connectivity index (χ4n) is 1.87. The van der Waals surface area contributed by atoms with Crippen LogP contribution in [0.25, 0.3) is 10.6 Å². The highest BCUT2D eigenvalue weighted by atomic mass is 35.5. The minimum Gasteiger partial charge on any atom is -0.386 e. The number of alkyl halides is 3. The summed E-state index contributed by atoms with van der Waals surface area (Å²) in [6.07, 6.45) is 0.498. The van der Waals surface area contributed by atoms with E-state index in [-0.39, 0.29) is 0 Å². The summed E-state index contributed by atoms with van der Waals surface area (Å²) in [4.78, 5) is 14.3. The van der Waals surface area contributed by atoms with Crippen LogP contribution in [-0.4, -0.2) is 33.6 Å². The van der Waals surface area contributed by atoms with Crippen LogP contribution < -0.4 is 5.32 Å². The van der Waals surface area contributed by atoms with Gasteiger partial charge in [-0.15, -0.1) is 11.3 Å². The Hall–Kier alpha value is -1.21. The molecule has 0 aliphatic carbocycles. The van der Waals surface area contributed by atoms with E-state index in [0.29, 0.717) is 5.56 Å². The molecule has 0 saturated heterocycles. The Balaban J connectivity index is 2.10. The number of carbonyl (C=O) groups excluding carboxylic acids is 1. The van der Waals surface area contributed by atoms with Crippen LogP contribution in [0.5, 0.6) is 0 Å². The third-order valence-electron chi connectivity index (χ3n) is 3.00. The molecule has 8 heteroatoms. The predicted octanol–water partition coefficient (Wildman–Crippen LogP) is 3.10. The molecule has 0 aliphatic rings. The van der Waals surface area contributed by atoms with E-state index < -0.39 is 29.6 Å². The highest BCUT2D eigenvalue weighted by molar-refractivity contribution is 7.13. The van der Waals surface area contributed by atoms with Gasteiger partial charge in [0.05, 0.1) is 6.04 Å². The molecule has 0 saturated carbocycles. The molecule has 2 atom stereocenters. The van der Waals surface area contributed by atoms with Crippen LogP contribution in [-0.2, 0) is 4.79 Å². The van der Waals surface area contributed by atoms with Crippen LogP contribution in [0.2, 0.25) is 0 Å². The first-order chi connectivity index (χ1) is 10.5. The number of hydrogen-bond donors (Lipinski definition) is 2. The zero-order chi connectivity index (χ0) is 16.1. The van der Waals surface area contributed by atoms with E-state index in [1.165, 1.54) is 11.3 Å². The number of aliphatic hydroxyl groups excluding tert-OH is 1. The van der Waals surface area contributed by atoms with Gasteiger partial charge < -0.3 is 10.4 Å². The van der Waals surface area contributed by atoms with Crippen LogP contribution >= 0.6 is 34.5 Å². The Morgan fingerprint density at radius 1 is 1.36 bits per heavy atom. The van der Waals surface area contributed by atoms with Crippen LogP contribution in [0.3, 0.4) is 0 Å². The molecule has 0 spiro atoms. The maximum Gasteiger partial charge on any atom is 0.253 e. The molecule has 0 radical (unpaired) electrons. The minimum atomic E-state index is -1.31. The number of aromatic nitrogens is 1. The second kappa shape index (κ2) is 7.87. The molecular formula is C14H13Cl2FN2O2S. The Kier molecular flexibility index (Phi) is 6.14. The summed E-state index contributed by atoms with van der Waals surface area (Å²) in [5, 5.41) is 15.2. The van der Waals surface area contributed by atoms with Gasteiger partial charge in [-0.1, -0.05) is 47.5 Å². The number of amides is 1. The molecule has 1 aromatic carbocycles. The van der Waals surface area contributed by atoms with Gasteiger partial charge in [0.15, 0.2) is 4.84 Å². The van der Waals surface area contributed by atoms with Crippen molar-refractivity contribution in [3.05, 3.63) is 41.4 Å². The molecular weight excluding hydrogens is 350 g/mol. The number of halogens is 3. The van der Waals surface area contributed by atoms with Gasteiger partial charge in [0.25, 0.3) is 5.91 Å². The summed E-state index contributed by atoms with van der Waals surface area (Å²) in [5.74, 6) is -0.746. The predicted molar refractivity (Wildman–Crippen MR) is 85.9 cm³/mol. The van der Waals surface area contributed by atoms with Gasteiger partial charge in [0, 0.05) is 17.1 Å². The summed E-state index contributed by atoms with van der Waals surface area (Å²) < 4.78 is 13.1. The lowest BCUT2D eigenvalue weighted by molar-refractivity contribution is -0.121. The normalized spacial score (nSPS) is 13.9. The van der Waals surface area contributed by atoms with Crippen molar-refractivity contribution in [1.82, 2.24) is 10.3 Å². The van der Waals surface area contributed by atoms with Crippen molar-refractivity contribution in [3.8, 4) is 10.6 Å². The van der Waals surface area contributed by atoms with Gasteiger partial charge in [0.1, 0.15) is 17.8 Å². The molecule has 2 unspecified atom stereocenters. The molecule has 118 valence electrons. The zero-order valence-corrected chi connectivity index (χ0v) is 13.6. The van der Waals surface area contributed by atoms with Crippen molar-refractivity contribution in [2.45, 2.75) is 17.0 Å². The molecule has 0 fully saturated rings. The van der Waals surface area contributed by atoms with E-state index in [0.717, 1.165) is 10.6 Å². The number of nitrogens with zero attached hydrogens (tertiary/aromatic N) is 1. The SMILES string of the molecule is O=C(NC(CF)C(O)c1ccc(-c2nccs2)cc1)C(Cl)Cl. The van der Waals surface area contributed by atoms with Crippen molar-refractivity contribution < 1.29 is 14.3 Å². The van der Waals surface area contributed by atoms with E-state index in [2.05, 4.69) is 10.3 Å².